The third-order valence-electron chi connectivity index (χ3n) is 8.08. The highest BCUT2D eigenvalue weighted by Crippen LogP contribution is 2.26. The van der Waals surface area contributed by atoms with Gasteiger partial charge in [-0.1, -0.05) is 135 Å². The summed E-state index contributed by atoms with van der Waals surface area (Å²) in [6.07, 6.45) is 21.9. The highest BCUT2D eigenvalue weighted by molar-refractivity contribution is 6.82. The second kappa shape index (κ2) is 20.3. The molecule has 0 N–H and O–H groups in total. The van der Waals surface area contributed by atoms with E-state index in [0.717, 1.165) is 48.9 Å². The molecule has 0 spiro atoms. The number of unbranched alkanes of at least 4 members (excludes halogenated alkanes) is 12. The minimum Gasteiger partial charge on any atom is -0.494 e. The van der Waals surface area contributed by atoms with Gasteiger partial charge in [0.1, 0.15) is 5.75 Å². The molecule has 41 heavy (non-hydrogen) atoms. The van der Waals surface area contributed by atoms with Crippen molar-refractivity contribution in [3.05, 3.63) is 36.7 Å². The molecule has 0 saturated heterocycles. The van der Waals surface area contributed by atoms with Crippen molar-refractivity contribution in [2.45, 2.75) is 148 Å². The van der Waals surface area contributed by atoms with E-state index in [4.69, 9.17) is 9.47 Å². The molecule has 0 aliphatic carbocycles. The molecule has 0 unspecified atom stereocenters. The molecule has 0 atom stereocenters. The Morgan fingerprint density at radius 1 is 0.537 bits per heavy atom. The Bertz CT molecular complexity index is 911. The maximum Gasteiger partial charge on any atom is 0.159 e. The van der Waals surface area contributed by atoms with Crippen LogP contribution in [0.5, 0.6) is 11.5 Å². The number of rotatable bonds is 24. The highest BCUT2D eigenvalue weighted by Gasteiger charge is 2.23. The van der Waals surface area contributed by atoms with E-state index in [-0.39, 0.29) is 0 Å². The first-order valence-corrected chi connectivity index (χ1v) is 24.0. The van der Waals surface area contributed by atoms with Gasteiger partial charge >= 0.3 is 0 Å². The molecular formula is C35H62N2O2Si2. The molecule has 0 amide bonds. The lowest BCUT2D eigenvalue weighted by Crippen LogP contribution is -2.30. The van der Waals surface area contributed by atoms with Crippen LogP contribution >= 0.6 is 0 Å². The van der Waals surface area contributed by atoms with E-state index in [1.54, 1.807) is 12.4 Å². The number of ether oxygens (including phenoxy) is 2. The molecule has 2 rings (SSSR count). The number of benzene rings is 1. The molecule has 2 aromatic rings. The summed E-state index contributed by atoms with van der Waals surface area (Å²) >= 11 is 0. The number of hydrogen-bond acceptors (Lipinski definition) is 4. The van der Waals surface area contributed by atoms with Crippen molar-refractivity contribution in [1.29, 1.82) is 0 Å². The lowest BCUT2D eigenvalue weighted by atomic mass is 10.1. The highest BCUT2D eigenvalue weighted by atomic mass is 28.3. The largest absolute Gasteiger partial charge is 0.494 e. The molecule has 1 heterocycles. The van der Waals surface area contributed by atoms with Gasteiger partial charge in [0.2, 0.25) is 0 Å². The standard InChI is InChI=1S/C35H62N2O2Si2/c1-7-8-9-10-11-12-15-19-26-39-34-30-36-35(37-31-34)32-21-23-33(24-22-32)38-25-18-16-13-14-17-20-27-41(5,6)29-28-40(2,3)4/h21-24,30-31H,7-20,25-29H2,1-6H3. The van der Waals surface area contributed by atoms with Crippen molar-refractivity contribution < 1.29 is 9.47 Å². The van der Waals surface area contributed by atoms with Crippen LogP contribution in [0, 0.1) is 0 Å². The molecule has 0 bridgehead atoms. The third kappa shape index (κ3) is 17.8. The smallest absolute Gasteiger partial charge is 0.159 e. The van der Waals surface area contributed by atoms with Crippen molar-refractivity contribution >= 4 is 16.1 Å². The molecule has 1 aromatic heterocycles. The Kier molecular flexibility index (Phi) is 17.6. The predicted octanol–water partition coefficient (Wildman–Crippen LogP) is 11.4. The van der Waals surface area contributed by atoms with E-state index in [1.807, 2.05) is 24.3 Å². The van der Waals surface area contributed by atoms with Crippen LogP contribution in [0.25, 0.3) is 11.4 Å². The zero-order chi connectivity index (χ0) is 29.8. The zero-order valence-corrected chi connectivity index (χ0v) is 29.6. The van der Waals surface area contributed by atoms with E-state index < -0.39 is 16.1 Å². The van der Waals surface area contributed by atoms with E-state index >= 15 is 0 Å². The second-order valence-electron chi connectivity index (χ2n) is 14.0. The van der Waals surface area contributed by atoms with Gasteiger partial charge < -0.3 is 9.47 Å². The summed E-state index contributed by atoms with van der Waals surface area (Å²) < 4.78 is 11.8. The summed E-state index contributed by atoms with van der Waals surface area (Å²) in [5.74, 6) is 2.39. The van der Waals surface area contributed by atoms with E-state index in [0.29, 0.717) is 0 Å². The van der Waals surface area contributed by atoms with Crippen LogP contribution < -0.4 is 9.47 Å². The molecule has 0 saturated carbocycles. The van der Waals surface area contributed by atoms with Gasteiger partial charge in [-0.15, -0.1) is 0 Å². The normalized spacial score (nSPS) is 12.0. The molecule has 0 radical (unpaired) electrons. The Labute approximate surface area is 255 Å². The van der Waals surface area contributed by atoms with E-state index in [1.165, 1.54) is 95.2 Å². The number of aromatic nitrogens is 2. The van der Waals surface area contributed by atoms with Crippen molar-refractivity contribution in [1.82, 2.24) is 9.97 Å². The zero-order valence-electron chi connectivity index (χ0n) is 27.6. The maximum absolute atomic E-state index is 5.99. The third-order valence-corrected chi connectivity index (χ3v) is 13.6. The molecule has 6 heteroatoms. The number of hydrogen-bond donors (Lipinski definition) is 0. The van der Waals surface area contributed by atoms with Gasteiger partial charge in [-0.2, -0.15) is 0 Å². The molecule has 4 nitrogen and oxygen atoms in total. The molecule has 1 aromatic carbocycles. The van der Waals surface area contributed by atoms with Crippen LogP contribution in [0.4, 0.5) is 0 Å². The van der Waals surface area contributed by atoms with Crippen molar-refractivity contribution in [2.75, 3.05) is 13.2 Å². The summed E-state index contributed by atoms with van der Waals surface area (Å²) in [7, 11) is -1.85. The average molecular weight is 599 g/mol. The molecule has 0 aliphatic heterocycles. The van der Waals surface area contributed by atoms with Crippen molar-refractivity contribution in [2.24, 2.45) is 0 Å². The second-order valence-corrected chi connectivity index (χ2v) is 25.0. The van der Waals surface area contributed by atoms with Crippen LogP contribution in [-0.4, -0.2) is 39.3 Å². The Balaban J connectivity index is 1.52. The fraction of sp³-hybridized carbons (Fsp3) is 0.714. The minimum absolute atomic E-state index is 0.720. The summed E-state index contributed by atoms with van der Waals surface area (Å²) in [6, 6.07) is 12.7. The first-order valence-electron chi connectivity index (χ1n) is 16.9. The van der Waals surface area contributed by atoms with Gasteiger partial charge in [0.05, 0.1) is 25.6 Å². The summed E-state index contributed by atoms with van der Waals surface area (Å²) in [5.41, 5.74) is 0.999. The maximum atomic E-state index is 5.99. The molecule has 0 fully saturated rings. The first kappa shape index (κ1) is 35.5. The monoisotopic (exact) mass is 598 g/mol. The van der Waals surface area contributed by atoms with Gasteiger partial charge in [-0.3, -0.25) is 0 Å². The molecular weight excluding hydrogens is 537 g/mol. The molecule has 232 valence electrons. The topological polar surface area (TPSA) is 44.2 Å². The lowest BCUT2D eigenvalue weighted by Gasteiger charge is -2.26. The van der Waals surface area contributed by atoms with Gasteiger partial charge in [0.15, 0.2) is 11.6 Å². The van der Waals surface area contributed by atoms with Crippen LogP contribution in [-0.2, 0) is 0 Å². The van der Waals surface area contributed by atoms with Crippen LogP contribution in [0.2, 0.25) is 50.9 Å². The van der Waals surface area contributed by atoms with Gasteiger partial charge in [0.25, 0.3) is 0 Å². The average Bonchev–Trinajstić information content (AvgIpc) is 2.95. The summed E-state index contributed by atoms with van der Waals surface area (Å²) in [4.78, 5) is 9.02. The quantitative estimate of drug-likeness (QED) is 0.0890. The summed E-state index contributed by atoms with van der Waals surface area (Å²) in [6.45, 7) is 16.5. The van der Waals surface area contributed by atoms with Gasteiger partial charge in [-0.25, -0.2) is 9.97 Å². The predicted molar refractivity (Wildman–Crippen MR) is 184 cm³/mol. The minimum atomic E-state index is -0.972. The SMILES string of the molecule is CCCCCCCCCCOc1cnc(-c2ccc(OCCCCCCCC[Si](C)(C)CC[Si](C)(C)C)cc2)nc1. The van der Waals surface area contributed by atoms with Crippen LogP contribution in [0.1, 0.15) is 96.8 Å². The van der Waals surface area contributed by atoms with E-state index in [9.17, 15) is 0 Å². The van der Waals surface area contributed by atoms with Crippen molar-refractivity contribution in [3.63, 3.8) is 0 Å². The van der Waals surface area contributed by atoms with Crippen LogP contribution in [0.15, 0.2) is 36.7 Å². The van der Waals surface area contributed by atoms with Gasteiger partial charge in [0, 0.05) is 21.7 Å². The van der Waals surface area contributed by atoms with Crippen LogP contribution in [0.3, 0.4) is 0 Å². The van der Waals surface area contributed by atoms with Gasteiger partial charge in [-0.05, 0) is 37.1 Å². The fourth-order valence-corrected chi connectivity index (χ4v) is 12.3. The lowest BCUT2D eigenvalue weighted by molar-refractivity contribution is 0.302. The Morgan fingerprint density at radius 2 is 1.02 bits per heavy atom. The van der Waals surface area contributed by atoms with Crippen molar-refractivity contribution in [3.8, 4) is 22.9 Å². The first-order chi connectivity index (χ1) is 19.7. The number of nitrogens with zero attached hydrogens (tertiary/aromatic N) is 2. The van der Waals surface area contributed by atoms with E-state index in [2.05, 4.69) is 49.6 Å². The Morgan fingerprint density at radius 3 is 1.56 bits per heavy atom. The Hall–Kier alpha value is -1.67. The fourth-order valence-electron chi connectivity index (χ4n) is 5.11. The summed E-state index contributed by atoms with van der Waals surface area (Å²) in [5, 5.41) is 0. The molecule has 0 aliphatic rings.